The molecule has 4 aromatic rings. The van der Waals surface area contributed by atoms with Gasteiger partial charge in [0.15, 0.2) is 0 Å². The summed E-state index contributed by atoms with van der Waals surface area (Å²) >= 11 is 1.55. The maximum absolute atomic E-state index is 13.0. The van der Waals surface area contributed by atoms with Crippen LogP contribution < -0.4 is 5.32 Å². The van der Waals surface area contributed by atoms with Gasteiger partial charge in [0.05, 0.1) is 12.3 Å². The molecule has 1 amide bonds. The number of ether oxygens (including phenoxy) is 1. The summed E-state index contributed by atoms with van der Waals surface area (Å²) < 4.78 is 7.26. The summed E-state index contributed by atoms with van der Waals surface area (Å²) in [6.07, 6.45) is 5.30. The lowest BCUT2D eigenvalue weighted by atomic mass is 9.97. The number of fused-ring (bicyclic) bond motifs is 1. The van der Waals surface area contributed by atoms with E-state index in [2.05, 4.69) is 39.4 Å². The molecular formula is C24H25N5O2S. The Morgan fingerprint density at radius 1 is 1.28 bits per heavy atom. The topological polar surface area (TPSA) is 81.9 Å². The van der Waals surface area contributed by atoms with Crippen molar-refractivity contribution in [2.45, 2.75) is 25.8 Å². The Balaban J connectivity index is 1.39. The molecule has 1 aliphatic heterocycles. The molecule has 1 fully saturated rings. The highest BCUT2D eigenvalue weighted by molar-refractivity contribution is 7.16. The normalized spacial score (nSPS) is 18.7. The van der Waals surface area contributed by atoms with Crippen molar-refractivity contribution in [3.05, 3.63) is 64.9 Å². The number of amides is 1. The number of nitrogens with one attached hydrogen (secondary N) is 1. The van der Waals surface area contributed by atoms with Gasteiger partial charge in [-0.15, -0.1) is 11.3 Å². The first-order valence-corrected chi connectivity index (χ1v) is 11.7. The average Bonchev–Trinajstić information content (AvgIpc) is 3.45. The minimum absolute atomic E-state index is 0.115. The van der Waals surface area contributed by atoms with Crippen molar-refractivity contribution in [2.75, 3.05) is 13.2 Å². The zero-order valence-electron chi connectivity index (χ0n) is 18.1. The number of thiophene rings is 1. The van der Waals surface area contributed by atoms with Gasteiger partial charge in [-0.05, 0) is 59.5 Å². The van der Waals surface area contributed by atoms with Crippen molar-refractivity contribution in [1.82, 2.24) is 25.1 Å². The maximum Gasteiger partial charge on any atom is 0.270 e. The Morgan fingerprint density at radius 2 is 2.19 bits per heavy atom. The monoisotopic (exact) mass is 447 g/mol. The molecule has 5 rings (SSSR count). The molecule has 2 atom stereocenters. The number of rotatable bonds is 5. The Kier molecular flexibility index (Phi) is 5.71. The number of aryl methyl sites for hydroxylation is 1. The Bertz CT molecular complexity index is 1250. The molecule has 7 nitrogen and oxygen atoms in total. The first kappa shape index (κ1) is 20.8. The van der Waals surface area contributed by atoms with Crippen LogP contribution in [0.15, 0.2) is 48.1 Å². The van der Waals surface area contributed by atoms with Gasteiger partial charge in [-0.3, -0.25) is 14.5 Å². The number of hydrogen-bond donors (Lipinski definition) is 1. The van der Waals surface area contributed by atoms with E-state index in [-0.39, 0.29) is 11.9 Å². The van der Waals surface area contributed by atoms with Crippen LogP contribution in [0.1, 0.15) is 35.0 Å². The molecule has 0 saturated carbocycles. The van der Waals surface area contributed by atoms with Crippen molar-refractivity contribution < 1.29 is 9.53 Å². The smallest absolute Gasteiger partial charge is 0.270 e. The van der Waals surface area contributed by atoms with E-state index in [4.69, 9.17) is 4.74 Å². The zero-order valence-corrected chi connectivity index (χ0v) is 18.9. The molecule has 164 valence electrons. The molecule has 5 heterocycles. The van der Waals surface area contributed by atoms with Gasteiger partial charge >= 0.3 is 0 Å². The zero-order chi connectivity index (χ0) is 22.1. The van der Waals surface area contributed by atoms with Crippen molar-refractivity contribution >= 4 is 27.5 Å². The summed E-state index contributed by atoms with van der Waals surface area (Å²) in [7, 11) is 1.89. The number of carbonyl (C=O) groups is 1. The molecule has 1 saturated heterocycles. The van der Waals surface area contributed by atoms with Crippen LogP contribution in [-0.2, 0) is 18.2 Å². The lowest BCUT2D eigenvalue weighted by Crippen LogP contribution is -2.44. The summed E-state index contributed by atoms with van der Waals surface area (Å²) in [6, 6.07) is 10.1. The first-order chi connectivity index (χ1) is 15.6. The molecule has 1 N–H and O–H groups in total. The third-order valence-corrected chi connectivity index (χ3v) is 6.72. The fourth-order valence-electron chi connectivity index (χ4n) is 4.07. The lowest BCUT2D eigenvalue weighted by Gasteiger charge is -2.29. The van der Waals surface area contributed by atoms with E-state index in [1.165, 1.54) is 0 Å². The highest BCUT2D eigenvalue weighted by Crippen LogP contribution is 2.26. The summed E-state index contributed by atoms with van der Waals surface area (Å²) in [5.41, 5.74) is 4.31. The minimum Gasteiger partial charge on any atom is -0.381 e. The lowest BCUT2D eigenvalue weighted by molar-refractivity contribution is 0.0374. The van der Waals surface area contributed by atoms with E-state index in [1.54, 1.807) is 16.0 Å². The van der Waals surface area contributed by atoms with Crippen LogP contribution in [0.4, 0.5) is 0 Å². The fourth-order valence-corrected chi connectivity index (χ4v) is 4.88. The molecule has 2 unspecified atom stereocenters. The summed E-state index contributed by atoms with van der Waals surface area (Å²) in [6.45, 7) is 3.46. The Labute approximate surface area is 190 Å². The third kappa shape index (κ3) is 4.28. The van der Waals surface area contributed by atoms with Crippen LogP contribution in [0.2, 0.25) is 0 Å². The van der Waals surface area contributed by atoms with Crippen LogP contribution in [0.25, 0.3) is 21.6 Å². The van der Waals surface area contributed by atoms with Crippen molar-refractivity contribution in [1.29, 1.82) is 0 Å². The predicted octanol–water partition coefficient (Wildman–Crippen LogP) is 3.84. The second-order valence-electron chi connectivity index (χ2n) is 8.33. The fraction of sp³-hybridized carbons (Fsp3) is 0.333. The van der Waals surface area contributed by atoms with E-state index >= 15 is 0 Å². The summed E-state index contributed by atoms with van der Waals surface area (Å²) in [4.78, 5) is 23.1. The SMILES string of the molecule is CC1COCCC1NC(=O)c1cc(Cc2ccc(-c3ccn(C)n3)nc2)c2ccsc2n1. The van der Waals surface area contributed by atoms with Gasteiger partial charge in [0.1, 0.15) is 16.2 Å². The van der Waals surface area contributed by atoms with E-state index < -0.39 is 0 Å². The van der Waals surface area contributed by atoms with Gasteiger partial charge < -0.3 is 10.1 Å². The van der Waals surface area contributed by atoms with Crippen LogP contribution in [0.3, 0.4) is 0 Å². The molecule has 4 aromatic heterocycles. The molecule has 0 bridgehead atoms. The van der Waals surface area contributed by atoms with Crippen molar-refractivity contribution in [3.63, 3.8) is 0 Å². The highest BCUT2D eigenvalue weighted by atomic mass is 32.1. The first-order valence-electron chi connectivity index (χ1n) is 10.8. The van der Waals surface area contributed by atoms with Crippen LogP contribution >= 0.6 is 11.3 Å². The number of hydrogen-bond acceptors (Lipinski definition) is 6. The summed E-state index contributed by atoms with van der Waals surface area (Å²) in [5, 5.41) is 10.7. The van der Waals surface area contributed by atoms with Gasteiger partial charge in [0, 0.05) is 37.5 Å². The van der Waals surface area contributed by atoms with Gasteiger partial charge in [0.2, 0.25) is 0 Å². The molecule has 0 aliphatic carbocycles. The standard InChI is InChI=1S/C24H25N5O2S/c1-15-14-31-9-6-19(15)26-23(30)22-12-17(18-7-10-32-24(18)27-22)11-16-3-4-20(25-13-16)21-5-8-29(2)28-21/h3-5,7-8,10,12-13,15,19H,6,9,11,14H2,1-2H3,(H,26,30). The van der Waals surface area contributed by atoms with E-state index in [1.807, 2.05) is 43.0 Å². The molecule has 0 aromatic carbocycles. The minimum atomic E-state index is -0.121. The van der Waals surface area contributed by atoms with Crippen LogP contribution in [0.5, 0.6) is 0 Å². The van der Waals surface area contributed by atoms with Crippen molar-refractivity contribution in [2.24, 2.45) is 13.0 Å². The van der Waals surface area contributed by atoms with Gasteiger partial charge in [-0.1, -0.05) is 13.0 Å². The molecule has 0 radical (unpaired) electrons. The maximum atomic E-state index is 13.0. The number of aromatic nitrogens is 4. The number of nitrogens with zero attached hydrogens (tertiary/aromatic N) is 4. The number of pyridine rings is 2. The van der Waals surface area contributed by atoms with E-state index in [0.717, 1.165) is 39.2 Å². The second-order valence-corrected chi connectivity index (χ2v) is 9.22. The quantitative estimate of drug-likeness (QED) is 0.503. The molecule has 32 heavy (non-hydrogen) atoms. The highest BCUT2D eigenvalue weighted by Gasteiger charge is 2.25. The van der Waals surface area contributed by atoms with Crippen LogP contribution in [0, 0.1) is 5.92 Å². The van der Waals surface area contributed by atoms with Crippen LogP contribution in [-0.4, -0.2) is 44.9 Å². The van der Waals surface area contributed by atoms with Gasteiger partial charge in [-0.25, -0.2) is 4.98 Å². The van der Waals surface area contributed by atoms with Gasteiger partial charge in [0.25, 0.3) is 5.91 Å². The Morgan fingerprint density at radius 3 is 2.94 bits per heavy atom. The third-order valence-electron chi connectivity index (χ3n) is 5.91. The molecule has 0 spiro atoms. The largest absolute Gasteiger partial charge is 0.381 e. The van der Waals surface area contributed by atoms with E-state index in [9.17, 15) is 4.79 Å². The molecular weight excluding hydrogens is 422 g/mol. The summed E-state index contributed by atoms with van der Waals surface area (Å²) in [5.74, 6) is 0.172. The Hall–Kier alpha value is -3.10. The van der Waals surface area contributed by atoms with Gasteiger partial charge in [-0.2, -0.15) is 5.10 Å². The predicted molar refractivity (Wildman–Crippen MR) is 125 cm³/mol. The van der Waals surface area contributed by atoms with Crippen molar-refractivity contribution in [3.8, 4) is 11.4 Å². The second kappa shape index (κ2) is 8.80. The number of carbonyl (C=O) groups excluding carboxylic acids is 1. The average molecular weight is 448 g/mol. The van der Waals surface area contributed by atoms with E-state index in [0.29, 0.717) is 31.2 Å². The molecule has 1 aliphatic rings. The molecule has 8 heteroatoms.